The predicted molar refractivity (Wildman–Crippen MR) is 88.4 cm³/mol. The SMILES string of the molecule is CCc1[nH]c2nc(SCc3ccccc3)nc(N)c2c1C. The average Bonchev–Trinajstić information content (AvgIpc) is 2.83. The van der Waals surface area contributed by atoms with Crippen LogP contribution in [0.1, 0.15) is 23.7 Å². The van der Waals surface area contributed by atoms with Crippen LogP contribution in [-0.2, 0) is 12.2 Å². The third-order valence-corrected chi connectivity index (χ3v) is 4.50. The molecule has 3 rings (SSSR count). The lowest BCUT2D eigenvalue weighted by Crippen LogP contribution is -1.96. The highest BCUT2D eigenvalue weighted by molar-refractivity contribution is 7.98. The summed E-state index contributed by atoms with van der Waals surface area (Å²) < 4.78 is 0. The van der Waals surface area contributed by atoms with E-state index in [0.29, 0.717) is 11.0 Å². The number of nitrogens with zero attached hydrogens (tertiary/aromatic N) is 2. The van der Waals surface area contributed by atoms with E-state index < -0.39 is 0 Å². The van der Waals surface area contributed by atoms with Crippen LogP contribution in [0.25, 0.3) is 11.0 Å². The van der Waals surface area contributed by atoms with Gasteiger partial charge in [0.2, 0.25) is 0 Å². The molecule has 1 aromatic carbocycles. The minimum atomic E-state index is 0.559. The molecule has 0 spiro atoms. The molecule has 5 heteroatoms. The van der Waals surface area contributed by atoms with Crippen molar-refractivity contribution >= 4 is 28.6 Å². The van der Waals surface area contributed by atoms with E-state index in [-0.39, 0.29) is 0 Å². The normalized spacial score (nSPS) is 11.1. The van der Waals surface area contributed by atoms with Crippen LogP contribution in [-0.4, -0.2) is 15.0 Å². The first-order valence-electron chi connectivity index (χ1n) is 7.00. The molecule has 0 aliphatic rings. The van der Waals surface area contributed by atoms with Crippen LogP contribution in [0.2, 0.25) is 0 Å². The second-order valence-corrected chi connectivity index (χ2v) is 5.91. The Labute approximate surface area is 128 Å². The monoisotopic (exact) mass is 298 g/mol. The van der Waals surface area contributed by atoms with E-state index in [1.165, 1.54) is 11.3 Å². The zero-order valence-electron chi connectivity index (χ0n) is 12.2. The maximum absolute atomic E-state index is 6.11. The highest BCUT2D eigenvalue weighted by Gasteiger charge is 2.13. The van der Waals surface area contributed by atoms with Crippen molar-refractivity contribution in [1.29, 1.82) is 0 Å². The Bertz CT molecular complexity index is 765. The number of nitrogen functional groups attached to an aromatic ring is 1. The number of nitrogens with two attached hydrogens (primary N) is 1. The molecule has 0 atom stereocenters. The number of hydrogen-bond donors (Lipinski definition) is 2. The molecule has 4 nitrogen and oxygen atoms in total. The fraction of sp³-hybridized carbons (Fsp3) is 0.250. The Morgan fingerprint density at radius 3 is 2.67 bits per heavy atom. The first-order valence-corrected chi connectivity index (χ1v) is 7.99. The lowest BCUT2D eigenvalue weighted by Gasteiger charge is -2.03. The molecule has 0 aliphatic carbocycles. The number of anilines is 1. The van der Waals surface area contributed by atoms with Crippen molar-refractivity contribution in [1.82, 2.24) is 15.0 Å². The van der Waals surface area contributed by atoms with Crippen LogP contribution in [0.3, 0.4) is 0 Å². The van der Waals surface area contributed by atoms with Gasteiger partial charge in [-0.2, -0.15) is 0 Å². The van der Waals surface area contributed by atoms with Gasteiger partial charge in [0.05, 0.1) is 5.39 Å². The number of fused-ring (bicyclic) bond motifs is 1. The number of aromatic amines is 1. The van der Waals surface area contributed by atoms with Crippen molar-refractivity contribution in [3.05, 3.63) is 47.2 Å². The number of rotatable bonds is 4. The van der Waals surface area contributed by atoms with Gasteiger partial charge < -0.3 is 10.7 Å². The van der Waals surface area contributed by atoms with Crippen LogP contribution in [0, 0.1) is 6.92 Å². The average molecular weight is 298 g/mol. The molecule has 3 N–H and O–H groups in total. The topological polar surface area (TPSA) is 67.6 Å². The largest absolute Gasteiger partial charge is 0.383 e. The number of hydrogen-bond acceptors (Lipinski definition) is 4. The quantitative estimate of drug-likeness (QED) is 0.569. The Morgan fingerprint density at radius 1 is 1.19 bits per heavy atom. The summed E-state index contributed by atoms with van der Waals surface area (Å²) in [5, 5.41) is 1.67. The Balaban J connectivity index is 1.90. The van der Waals surface area contributed by atoms with Gasteiger partial charge in [0, 0.05) is 11.4 Å². The molecule has 3 aromatic rings. The summed E-state index contributed by atoms with van der Waals surface area (Å²) >= 11 is 1.60. The highest BCUT2D eigenvalue weighted by Crippen LogP contribution is 2.28. The van der Waals surface area contributed by atoms with Gasteiger partial charge in [-0.15, -0.1) is 0 Å². The van der Waals surface area contributed by atoms with Gasteiger partial charge in [-0.1, -0.05) is 49.0 Å². The zero-order valence-corrected chi connectivity index (χ0v) is 13.0. The van der Waals surface area contributed by atoms with Gasteiger partial charge in [0.1, 0.15) is 11.5 Å². The molecule has 2 heterocycles. The van der Waals surface area contributed by atoms with E-state index in [9.17, 15) is 0 Å². The number of H-pyrrole nitrogens is 1. The van der Waals surface area contributed by atoms with Crippen LogP contribution >= 0.6 is 11.8 Å². The van der Waals surface area contributed by atoms with Crippen molar-refractivity contribution < 1.29 is 0 Å². The smallest absolute Gasteiger partial charge is 0.191 e. The third kappa shape index (κ3) is 2.74. The number of aryl methyl sites for hydroxylation is 2. The van der Waals surface area contributed by atoms with Gasteiger partial charge in [0.15, 0.2) is 5.16 Å². The first kappa shape index (κ1) is 13.9. The fourth-order valence-electron chi connectivity index (χ4n) is 2.44. The van der Waals surface area contributed by atoms with Gasteiger partial charge in [0.25, 0.3) is 0 Å². The van der Waals surface area contributed by atoms with Crippen molar-refractivity contribution in [2.45, 2.75) is 31.2 Å². The van der Waals surface area contributed by atoms with Crippen molar-refractivity contribution in [3.8, 4) is 0 Å². The Hall–Kier alpha value is -2.01. The maximum atomic E-state index is 6.11. The van der Waals surface area contributed by atoms with Crippen LogP contribution in [0.15, 0.2) is 35.5 Å². The van der Waals surface area contributed by atoms with Gasteiger partial charge in [-0.3, -0.25) is 0 Å². The summed E-state index contributed by atoms with van der Waals surface area (Å²) in [4.78, 5) is 12.4. The summed E-state index contributed by atoms with van der Waals surface area (Å²) in [5.74, 6) is 1.40. The molecule has 0 aliphatic heterocycles. The molecule has 2 aromatic heterocycles. The van der Waals surface area contributed by atoms with E-state index in [4.69, 9.17) is 5.73 Å². The predicted octanol–water partition coefficient (Wildman–Crippen LogP) is 3.70. The Kier molecular flexibility index (Phi) is 3.84. The van der Waals surface area contributed by atoms with Gasteiger partial charge in [-0.05, 0) is 24.5 Å². The summed E-state index contributed by atoms with van der Waals surface area (Å²) in [6, 6.07) is 10.3. The molecular formula is C16H18N4S. The van der Waals surface area contributed by atoms with Crippen LogP contribution in [0.5, 0.6) is 0 Å². The second kappa shape index (κ2) is 5.77. The van der Waals surface area contributed by atoms with Crippen LogP contribution in [0.4, 0.5) is 5.82 Å². The third-order valence-electron chi connectivity index (χ3n) is 3.58. The molecular weight excluding hydrogens is 280 g/mol. The molecule has 0 unspecified atom stereocenters. The van der Waals surface area contributed by atoms with E-state index in [2.05, 4.69) is 40.9 Å². The summed E-state index contributed by atoms with van der Waals surface area (Å²) in [6.07, 6.45) is 0.939. The number of thioether (sulfide) groups is 1. The van der Waals surface area contributed by atoms with E-state index >= 15 is 0 Å². The Morgan fingerprint density at radius 2 is 1.95 bits per heavy atom. The molecule has 21 heavy (non-hydrogen) atoms. The molecule has 0 radical (unpaired) electrons. The van der Waals surface area contributed by atoms with E-state index in [1.54, 1.807) is 11.8 Å². The molecule has 0 bridgehead atoms. The molecule has 108 valence electrons. The molecule has 0 fully saturated rings. The lowest BCUT2D eigenvalue weighted by molar-refractivity contribution is 0.991. The summed E-state index contributed by atoms with van der Waals surface area (Å²) in [7, 11) is 0. The van der Waals surface area contributed by atoms with Gasteiger partial charge >= 0.3 is 0 Å². The fourth-order valence-corrected chi connectivity index (χ4v) is 3.25. The minimum Gasteiger partial charge on any atom is -0.383 e. The van der Waals surface area contributed by atoms with Crippen molar-refractivity contribution in [2.24, 2.45) is 0 Å². The van der Waals surface area contributed by atoms with Crippen LogP contribution < -0.4 is 5.73 Å². The number of aromatic nitrogens is 3. The number of nitrogens with one attached hydrogen (secondary N) is 1. The first-order chi connectivity index (χ1) is 10.2. The number of benzene rings is 1. The maximum Gasteiger partial charge on any atom is 0.191 e. The molecule has 0 saturated heterocycles. The summed E-state index contributed by atoms with van der Waals surface area (Å²) in [6.45, 7) is 4.18. The highest BCUT2D eigenvalue weighted by atomic mass is 32.2. The van der Waals surface area contributed by atoms with Crippen molar-refractivity contribution in [3.63, 3.8) is 0 Å². The van der Waals surface area contributed by atoms with E-state index in [1.807, 2.05) is 18.2 Å². The van der Waals surface area contributed by atoms with E-state index in [0.717, 1.165) is 28.8 Å². The summed E-state index contributed by atoms with van der Waals surface area (Å²) in [5.41, 5.74) is 10.5. The van der Waals surface area contributed by atoms with Crippen molar-refractivity contribution in [2.75, 3.05) is 5.73 Å². The van der Waals surface area contributed by atoms with Gasteiger partial charge in [-0.25, -0.2) is 9.97 Å². The molecule has 0 amide bonds. The second-order valence-electron chi connectivity index (χ2n) is 4.97. The standard InChI is InChI=1S/C16H18N4S/c1-3-12-10(2)13-14(17)19-16(20-15(13)18-12)21-9-11-7-5-4-6-8-11/h4-8H,3,9H2,1-2H3,(H3,17,18,19,20). The minimum absolute atomic E-state index is 0.559. The molecule has 0 saturated carbocycles. The lowest BCUT2D eigenvalue weighted by atomic mass is 10.2. The zero-order chi connectivity index (χ0) is 14.8.